The van der Waals surface area contributed by atoms with Crippen LogP contribution in [-0.2, 0) is 13.6 Å². The van der Waals surface area contributed by atoms with Crippen molar-refractivity contribution in [1.29, 1.82) is 0 Å². The molecule has 2 N–H and O–H groups in total. The smallest absolute Gasteiger partial charge is 0.223 e. The zero-order valence-electron chi connectivity index (χ0n) is 15.4. The van der Waals surface area contributed by atoms with Crippen molar-refractivity contribution in [3.8, 4) is 28.5 Å². The number of nitrogens with one attached hydrogen (secondary N) is 1. The van der Waals surface area contributed by atoms with E-state index >= 15 is 0 Å². The molecule has 4 aromatic rings. The van der Waals surface area contributed by atoms with E-state index in [9.17, 15) is 5.11 Å². The number of pyridine rings is 2. The number of aryl methyl sites for hydroxylation is 2. The Balaban J connectivity index is 1.58. The molecule has 4 rings (SSSR count). The van der Waals surface area contributed by atoms with E-state index in [4.69, 9.17) is 0 Å². The molecule has 28 heavy (non-hydrogen) atoms. The summed E-state index contributed by atoms with van der Waals surface area (Å²) in [6.07, 6.45) is 3.41. The molecule has 9 nitrogen and oxygen atoms in total. The Kier molecular flexibility index (Phi) is 4.63. The Morgan fingerprint density at radius 1 is 0.964 bits per heavy atom. The van der Waals surface area contributed by atoms with E-state index in [1.54, 1.807) is 36.1 Å². The molecule has 0 atom stereocenters. The summed E-state index contributed by atoms with van der Waals surface area (Å²) in [6, 6.07) is 10.8. The molecule has 0 fully saturated rings. The second-order valence-corrected chi connectivity index (χ2v) is 6.14. The Labute approximate surface area is 161 Å². The maximum Gasteiger partial charge on any atom is 0.223 e. The van der Waals surface area contributed by atoms with E-state index in [1.165, 1.54) is 0 Å². The lowest BCUT2D eigenvalue weighted by Gasteiger charge is -2.08. The van der Waals surface area contributed by atoms with Crippen LogP contribution in [0.5, 0.6) is 5.75 Å². The standard InChI is InChI=1S/C19H18N8O/c1-12-17(28)7-6-15(23-12)18-16(27(2)26-25-18)11-22-19-21-10-8-14(24-19)13-5-3-4-9-20-13/h3-10,28H,11H2,1-2H3,(H,21,22,24). The zero-order valence-corrected chi connectivity index (χ0v) is 15.4. The number of hydrogen-bond donors (Lipinski definition) is 2. The first-order valence-corrected chi connectivity index (χ1v) is 8.65. The van der Waals surface area contributed by atoms with Gasteiger partial charge in [-0.25, -0.2) is 19.6 Å². The number of aromatic nitrogens is 7. The average molecular weight is 374 g/mol. The van der Waals surface area contributed by atoms with Crippen LogP contribution < -0.4 is 5.32 Å². The average Bonchev–Trinajstić information content (AvgIpc) is 3.10. The summed E-state index contributed by atoms with van der Waals surface area (Å²) in [4.78, 5) is 17.5. The summed E-state index contributed by atoms with van der Waals surface area (Å²) < 4.78 is 1.68. The number of aromatic hydroxyl groups is 1. The van der Waals surface area contributed by atoms with Gasteiger partial charge in [-0.1, -0.05) is 11.3 Å². The van der Waals surface area contributed by atoms with Crippen LogP contribution in [0.3, 0.4) is 0 Å². The van der Waals surface area contributed by atoms with Crippen molar-refractivity contribution in [2.24, 2.45) is 7.05 Å². The molecule has 4 aromatic heterocycles. The Morgan fingerprint density at radius 3 is 2.64 bits per heavy atom. The molecule has 0 saturated heterocycles. The van der Waals surface area contributed by atoms with Gasteiger partial charge in [-0.3, -0.25) is 4.98 Å². The molecule has 0 aromatic carbocycles. The molecule has 0 radical (unpaired) electrons. The third kappa shape index (κ3) is 3.50. The molecule has 4 heterocycles. The Bertz CT molecular complexity index is 1110. The molecule has 9 heteroatoms. The van der Waals surface area contributed by atoms with Crippen LogP contribution >= 0.6 is 0 Å². The summed E-state index contributed by atoms with van der Waals surface area (Å²) in [5.41, 5.74) is 4.15. The van der Waals surface area contributed by atoms with Crippen LogP contribution in [0.15, 0.2) is 48.8 Å². The van der Waals surface area contributed by atoms with Crippen LogP contribution in [0.4, 0.5) is 5.95 Å². The topological polar surface area (TPSA) is 115 Å². The van der Waals surface area contributed by atoms with Gasteiger partial charge in [-0.05, 0) is 37.3 Å². The maximum atomic E-state index is 9.70. The first-order chi connectivity index (χ1) is 13.6. The number of hydrogen-bond acceptors (Lipinski definition) is 8. The molecule has 0 saturated carbocycles. The third-order valence-electron chi connectivity index (χ3n) is 4.24. The van der Waals surface area contributed by atoms with Gasteiger partial charge in [-0.2, -0.15) is 0 Å². The van der Waals surface area contributed by atoms with E-state index in [0.29, 0.717) is 29.6 Å². The summed E-state index contributed by atoms with van der Waals surface area (Å²) >= 11 is 0. The Morgan fingerprint density at radius 2 is 1.86 bits per heavy atom. The van der Waals surface area contributed by atoms with Gasteiger partial charge in [0.1, 0.15) is 11.4 Å². The SMILES string of the molecule is Cc1nc(-c2nnn(C)c2CNc2nccc(-c3ccccn3)n2)ccc1O. The zero-order chi connectivity index (χ0) is 19.5. The molecule has 0 amide bonds. The van der Waals surface area contributed by atoms with Crippen LogP contribution in [0, 0.1) is 6.92 Å². The van der Waals surface area contributed by atoms with Crippen molar-refractivity contribution in [2.45, 2.75) is 13.5 Å². The van der Waals surface area contributed by atoms with Gasteiger partial charge < -0.3 is 10.4 Å². The number of nitrogens with zero attached hydrogens (tertiary/aromatic N) is 7. The predicted octanol–water partition coefficient (Wildman–Crippen LogP) is 2.36. The van der Waals surface area contributed by atoms with Gasteiger partial charge in [0.05, 0.1) is 35.0 Å². The monoisotopic (exact) mass is 374 g/mol. The van der Waals surface area contributed by atoms with Gasteiger partial charge in [0.15, 0.2) is 0 Å². The van der Waals surface area contributed by atoms with Crippen LogP contribution in [0.25, 0.3) is 22.8 Å². The van der Waals surface area contributed by atoms with Crippen molar-refractivity contribution in [2.75, 3.05) is 5.32 Å². The first kappa shape index (κ1) is 17.5. The summed E-state index contributed by atoms with van der Waals surface area (Å²) in [7, 11) is 1.81. The van der Waals surface area contributed by atoms with Gasteiger partial charge in [0.2, 0.25) is 5.95 Å². The molecule has 0 spiro atoms. The number of rotatable bonds is 5. The third-order valence-corrected chi connectivity index (χ3v) is 4.24. The lowest BCUT2D eigenvalue weighted by atomic mass is 10.2. The van der Waals surface area contributed by atoms with Gasteiger partial charge in [0.25, 0.3) is 0 Å². The minimum Gasteiger partial charge on any atom is -0.506 e. The number of anilines is 1. The van der Waals surface area contributed by atoms with Crippen LogP contribution in [-0.4, -0.2) is 40.0 Å². The van der Waals surface area contributed by atoms with Crippen molar-refractivity contribution in [1.82, 2.24) is 34.9 Å². The second-order valence-electron chi connectivity index (χ2n) is 6.14. The largest absolute Gasteiger partial charge is 0.506 e. The fourth-order valence-electron chi connectivity index (χ4n) is 2.72. The quantitative estimate of drug-likeness (QED) is 0.547. The summed E-state index contributed by atoms with van der Waals surface area (Å²) in [6.45, 7) is 2.15. The molecule has 0 aliphatic heterocycles. The molecular weight excluding hydrogens is 356 g/mol. The van der Waals surface area contributed by atoms with E-state index in [-0.39, 0.29) is 5.75 Å². The second kappa shape index (κ2) is 7.39. The predicted molar refractivity (Wildman–Crippen MR) is 103 cm³/mol. The van der Waals surface area contributed by atoms with Crippen molar-refractivity contribution < 1.29 is 5.11 Å². The highest BCUT2D eigenvalue weighted by atomic mass is 16.3. The van der Waals surface area contributed by atoms with E-state index in [1.807, 2.05) is 31.3 Å². The molecule has 0 unspecified atom stereocenters. The first-order valence-electron chi connectivity index (χ1n) is 8.65. The highest BCUT2D eigenvalue weighted by Gasteiger charge is 2.15. The molecule has 140 valence electrons. The fraction of sp³-hybridized carbons (Fsp3) is 0.158. The summed E-state index contributed by atoms with van der Waals surface area (Å²) in [5.74, 6) is 0.622. The van der Waals surface area contributed by atoms with E-state index in [2.05, 4.69) is 35.6 Å². The lowest BCUT2D eigenvalue weighted by molar-refractivity contribution is 0.468. The maximum absolute atomic E-state index is 9.70. The van der Waals surface area contributed by atoms with Crippen molar-refractivity contribution >= 4 is 5.95 Å². The summed E-state index contributed by atoms with van der Waals surface area (Å²) in [5, 5.41) is 21.2. The molecular formula is C19H18N8O. The van der Waals surface area contributed by atoms with E-state index in [0.717, 1.165) is 17.1 Å². The Hall–Kier alpha value is -3.88. The van der Waals surface area contributed by atoms with Crippen molar-refractivity contribution in [3.63, 3.8) is 0 Å². The van der Waals surface area contributed by atoms with E-state index < -0.39 is 0 Å². The highest BCUT2D eigenvalue weighted by Crippen LogP contribution is 2.23. The lowest BCUT2D eigenvalue weighted by Crippen LogP contribution is -2.09. The minimum atomic E-state index is 0.145. The molecule has 0 aliphatic rings. The van der Waals surface area contributed by atoms with Gasteiger partial charge in [0, 0.05) is 19.4 Å². The van der Waals surface area contributed by atoms with Gasteiger partial charge >= 0.3 is 0 Å². The normalized spacial score (nSPS) is 10.8. The molecule has 0 aliphatic carbocycles. The van der Waals surface area contributed by atoms with Crippen LogP contribution in [0.2, 0.25) is 0 Å². The fourth-order valence-corrected chi connectivity index (χ4v) is 2.72. The van der Waals surface area contributed by atoms with Gasteiger partial charge in [-0.15, -0.1) is 5.10 Å². The highest BCUT2D eigenvalue weighted by molar-refractivity contribution is 5.59. The molecule has 0 bridgehead atoms. The van der Waals surface area contributed by atoms with Crippen molar-refractivity contribution in [3.05, 3.63) is 60.2 Å². The minimum absolute atomic E-state index is 0.145. The van der Waals surface area contributed by atoms with Crippen LogP contribution in [0.1, 0.15) is 11.4 Å².